The normalized spacial score (nSPS) is 27.6. The van der Waals surface area contributed by atoms with Gasteiger partial charge < -0.3 is 10.2 Å². The molecule has 1 heterocycles. The van der Waals surface area contributed by atoms with Crippen molar-refractivity contribution in [3.05, 3.63) is 0 Å². The number of nitrogens with one attached hydrogen (secondary N) is 1. The van der Waals surface area contributed by atoms with Gasteiger partial charge in [-0.3, -0.25) is 9.59 Å². The lowest BCUT2D eigenvalue weighted by Gasteiger charge is -2.25. The van der Waals surface area contributed by atoms with Crippen molar-refractivity contribution in [3.63, 3.8) is 0 Å². The smallest absolute Gasteiger partial charge is 0.224 e. The average Bonchev–Trinajstić information content (AvgIpc) is 2.26. The molecule has 0 aromatic rings. The minimum Gasteiger partial charge on any atom is -0.351 e. The van der Waals surface area contributed by atoms with Crippen LogP contribution >= 0.6 is 0 Å². The van der Waals surface area contributed by atoms with Crippen molar-refractivity contribution >= 4 is 11.8 Å². The zero-order valence-corrected chi connectivity index (χ0v) is 8.45. The van der Waals surface area contributed by atoms with E-state index in [9.17, 15) is 9.59 Å². The van der Waals surface area contributed by atoms with Crippen LogP contribution in [-0.2, 0) is 9.59 Å². The highest BCUT2D eigenvalue weighted by Gasteiger charge is 2.31. The van der Waals surface area contributed by atoms with Crippen LogP contribution in [0.5, 0.6) is 0 Å². The zero-order chi connectivity index (χ0) is 10.1. The second kappa shape index (κ2) is 3.59. The SMILES string of the molecule is CN1CC(NC(=O)C2CCC2)CC1=O. The molecule has 0 aromatic carbocycles. The number of hydrogen-bond donors (Lipinski definition) is 1. The number of hydrogen-bond acceptors (Lipinski definition) is 2. The van der Waals surface area contributed by atoms with Gasteiger partial charge in [0.25, 0.3) is 0 Å². The summed E-state index contributed by atoms with van der Waals surface area (Å²) in [5.74, 6) is 0.490. The van der Waals surface area contributed by atoms with Crippen molar-refractivity contribution in [1.82, 2.24) is 10.2 Å². The number of rotatable bonds is 2. The van der Waals surface area contributed by atoms with Gasteiger partial charge in [-0.25, -0.2) is 0 Å². The quantitative estimate of drug-likeness (QED) is 0.682. The monoisotopic (exact) mass is 196 g/mol. The summed E-state index contributed by atoms with van der Waals surface area (Å²) in [7, 11) is 1.78. The first-order valence-corrected chi connectivity index (χ1v) is 5.21. The van der Waals surface area contributed by atoms with Gasteiger partial charge in [-0.15, -0.1) is 0 Å². The molecule has 4 heteroatoms. The minimum atomic E-state index is 0.0422. The van der Waals surface area contributed by atoms with Crippen molar-refractivity contribution in [2.45, 2.75) is 31.7 Å². The van der Waals surface area contributed by atoms with Gasteiger partial charge in [-0.1, -0.05) is 6.42 Å². The van der Waals surface area contributed by atoms with Crippen LogP contribution in [0.4, 0.5) is 0 Å². The van der Waals surface area contributed by atoms with E-state index in [1.54, 1.807) is 11.9 Å². The summed E-state index contributed by atoms with van der Waals surface area (Å²) in [5, 5.41) is 2.94. The van der Waals surface area contributed by atoms with E-state index >= 15 is 0 Å². The van der Waals surface area contributed by atoms with E-state index in [0.717, 1.165) is 12.8 Å². The lowest BCUT2D eigenvalue weighted by Crippen LogP contribution is -2.42. The fourth-order valence-electron chi connectivity index (χ4n) is 1.95. The average molecular weight is 196 g/mol. The molecule has 1 atom stereocenters. The molecular formula is C10H16N2O2. The maximum absolute atomic E-state index is 11.6. The first kappa shape index (κ1) is 9.49. The Hall–Kier alpha value is -1.06. The molecule has 2 fully saturated rings. The van der Waals surface area contributed by atoms with Crippen LogP contribution in [0, 0.1) is 5.92 Å². The Labute approximate surface area is 83.6 Å². The van der Waals surface area contributed by atoms with E-state index in [2.05, 4.69) is 5.32 Å². The minimum absolute atomic E-state index is 0.0422. The molecule has 1 N–H and O–H groups in total. The zero-order valence-electron chi connectivity index (χ0n) is 8.45. The van der Waals surface area contributed by atoms with Crippen molar-refractivity contribution in [2.75, 3.05) is 13.6 Å². The van der Waals surface area contributed by atoms with Gasteiger partial charge >= 0.3 is 0 Å². The number of likely N-dealkylation sites (N-methyl/N-ethyl adjacent to an activating group) is 1. The number of carbonyl (C=O) groups excluding carboxylic acids is 2. The summed E-state index contributed by atoms with van der Waals surface area (Å²) in [6, 6.07) is 0.0422. The number of amides is 2. The van der Waals surface area contributed by atoms with E-state index in [1.165, 1.54) is 6.42 Å². The third-order valence-electron chi connectivity index (χ3n) is 3.16. The van der Waals surface area contributed by atoms with Gasteiger partial charge in [-0.05, 0) is 12.8 Å². The Bertz CT molecular complexity index is 261. The van der Waals surface area contributed by atoms with E-state index in [0.29, 0.717) is 13.0 Å². The Balaban J connectivity index is 1.80. The van der Waals surface area contributed by atoms with E-state index < -0.39 is 0 Å². The predicted octanol–water partition coefficient (Wildman–Crippen LogP) is 0.133. The molecule has 4 nitrogen and oxygen atoms in total. The standard InChI is InChI=1S/C10H16N2O2/c1-12-6-8(5-9(12)13)11-10(14)7-3-2-4-7/h7-8H,2-6H2,1H3,(H,11,14). The van der Waals surface area contributed by atoms with E-state index in [1.807, 2.05) is 0 Å². The summed E-state index contributed by atoms with van der Waals surface area (Å²) < 4.78 is 0. The third-order valence-corrected chi connectivity index (χ3v) is 3.16. The fraction of sp³-hybridized carbons (Fsp3) is 0.800. The topological polar surface area (TPSA) is 49.4 Å². The molecule has 1 aliphatic heterocycles. The van der Waals surface area contributed by atoms with Crippen LogP contribution in [0.1, 0.15) is 25.7 Å². The maximum Gasteiger partial charge on any atom is 0.224 e. The van der Waals surface area contributed by atoms with Crippen LogP contribution in [0.3, 0.4) is 0 Å². The van der Waals surface area contributed by atoms with Crippen molar-refractivity contribution in [2.24, 2.45) is 5.92 Å². The molecule has 1 saturated carbocycles. The van der Waals surface area contributed by atoms with Crippen LogP contribution in [0.2, 0.25) is 0 Å². The lowest BCUT2D eigenvalue weighted by atomic mass is 9.84. The Morgan fingerprint density at radius 1 is 1.50 bits per heavy atom. The van der Waals surface area contributed by atoms with Gasteiger partial charge in [0.05, 0.1) is 6.04 Å². The van der Waals surface area contributed by atoms with Gasteiger partial charge in [0, 0.05) is 25.9 Å². The highest BCUT2D eigenvalue weighted by Crippen LogP contribution is 2.26. The van der Waals surface area contributed by atoms with Crippen molar-refractivity contribution < 1.29 is 9.59 Å². The summed E-state index contributed by atoms with van der Waals surface area (Å²) in [6.45, 7) is 0.664. The molecule has 1 saturated heterocycles. The first-order valence-electron chi connectivity index (χ1n) is 5.21. The number of likely N-dealkylation sites (tertiary alicyclic amines) is 1. The second-order valence-corrected chi connectivity index (χ2v) is 4.31. The summed E-state index contributed by atoms with van der Waals surface area (Å²) in [5.41, 5.74) is 0. The van der Waals surface area contributed by atoms with Gasteiger partial charge in [0.15, 0.2) is 0 Å². The fourth-order valence-corrected chi connectivity index (χ4v) is 1.95. The first-order chi connectivity index (χ1) is 6.66. The van der Waals surface area contributed by atoms with Gasteiger partial charge in [0.1, 0.15) is 0 Å². The van der Waals surface area contributed by atoms with Crippen LogP contribution < -0.4 is 5.32 Å². The molecule has 0 spiro atoms. The highest BCUT2D eigenvalue weighted by molar-refractivity contribution is 5.83. The predicted molar refractivity (Wildman–Crippen MR) is 51.5 cm³/mol. The summed E-state index contributed by atoms with van der Waals surface area (Å²) in [4.78, 5) is 24.4. The molecule has 2 aliphatic rings. The Morgan fingerprint density at radius 3 is 2.64 bits per heavy atom. The molecule has 2 amide bonds. The molecule has 0 radical (unpaired) electrons. The Kier molecular flexibility index (Phi) is 2.44. The van der Waals surface area contributed by atoms with Gasteiger partial charge in [0.2, 0.25) is 11.8 Å². The van der Waals surface area contributed by atoms with Crippen molar-refractivity contribution in [1.29, 1.82) is 0 Å². The van der Waals surface area contributed by atoms with Crippen LogP contribution in [0.15, 0.2) is 0 Å². The molecular weight excluding hydrogens is 180 g/mol. The van der Waals surface area contributed by atoms with Gasteiger partial charge in [-0.2, -0.15) is 0 Å². The molecule has 1 unspecified atom stereocenters. The summed E-state index contributed by atoms with van der Waals surface area (Å²) in [6.07, 6.45) is 3.67. The van der Waals surface area contributed by atoms with Crippen LogP contribution in [-0.4, -0.2) is 36.3 Å². The number of nitrogens with zero attached hydrogens (tertiary/aromatic N) is 1. The number of carbonyl (C=O) groups is 2. The molecule has 1 aliphatic carbocycles. The molecule has 14 heavy (non-hydrogen) atoms. The second-order valence-electron chi connectivity index (χ2n) is 4.31. The maximum atomic E-state index is 11.6. The lowest BCUT2D eigenvalue weighted by molar-refractivity contribution is -0.128. The molecule has 0 aromatic heterocycles. The summed E-state index contributed by atoms with van der Waals surface area (Å²) >= 11 is 0. The highest BCUT2D eigenvalue weighted by atomic mass is 16.2. The van der Waals surface area contributed by atoms with Crippen LogP contribution in [0.25, 0.3) is 0 Å². The van der Waals surface area contributed by atoms with E-state index in [4.69, 9.17) is 0 Å². The molecule has 2 rings (SSSR count). The molecule has 0 bridgehead atoms. The molecule has 78 valence electrons. The van der Waals surface area contributed by atoms with E-state index in [-0.39, 0.29) is 23.8 Å². The third kappa shape index (κ3) is 1.74. The largest absolute Gasteiger partial charge is 0.351 e. The van der Waals surface area contributed by atoms with Crippen molar-refractivity contribution in [3.8, 4) is 0 Å². The Morgan fingerprint density at radius 2 is 2.21 bits per heavy atom.